The Balaban J connectivity index is 3.50. The van der Waals surface area contributed by atoms with Crippen molar-refractivity contribution in [3.05, 3.63) is 24.3 Å². The lowest BCUT2D eigenvalue weighted by atomic mass is 10.0. The van der Waals surface area contributed by atoms with E-state index in [4.69, 9.17) is 4.74 Å². The maximum atomic E-state index is 12.5. The van der Waals surface area contributed by atoms with E-state index in [0.717, 1.165) is 77.0 Å². The number of carbonyl (C=O) groups is 2. The van der Waals surface area contributed by atoms with Crippen LogP contribution in [0.15, 0.2) is 24.3 Å². The first-order chi connectivity index (χ1) is 33.0. The topological polar surface area (TPSA) is 95.9 Å². The number of aliphatic hydroxyl groups is 2. The smallest absolute Gasteiger partial charge is 0.305 e. The minimum Gasteiger partial charge on any atom is -0.466 e. The number of nitrogens with one attached hydrogen (secondary N) is 1. The van der Waals surface area contributed by atoms with Gasteiger partial charge in [0.15, 0.2) is 0 Å². The number of hydrogen-bond acceptors (Lipinski definition) is 5. The number of allylic oxidation sites excluding steroid dienone is 4. The minimum absolute atomic E-state index is 0.0213. The summed E-state index contributed by atoms with van der Waals surface area (Å²) in [5.74, 6) is -0.0753. The van der Waals surface area contributed by atoms with Crippen LogP contribution in [0.25, 0.3) is 0 Å². The molecule has 2 atom stereocenters. The Labute approximate surface area is 418 Å². The van der Waals surface area contributed by atoms with Gasteiger partial charge in [-0.3, -0.25) is 9.59 Å². The van der Waals surface area contributed by atoms with Gasteiger partial charge in [-0.25, -0.2) is 0 Å². The molecule has 0 aromatic carbocycles. The second kappa shape index (κ2) is 56.9. The zero-order valence-electron chi connectivity index (χ0n) is 45.1. The number of ether oxygens (including phenoxy) is 1. The number of carbonyl (C=O) groups excluding carboxylic acids is 2. The molecule has 0 fully saturated rings. The van der Waals surface area contributed by atoms with Crippen molar-refractivity contribution in [1.29, 1.82) is 0 Å². The van der Waals surface area contributed by atoms with Crippen LogP contribution in [-0.4, -0.2) is 47.4 Å². The summed E-state index contributed by atoms with van der Waals surface area (Å²) in [5.41, 5.74) is 0. The lowest BCUT2D eigenvalue weighted by Gasteiger charge is -2.22. The fourth-order valence-electron chi connectivity index (χ4n) is 9.40. The Kier molecular flexibility index (Phi) is 55.5. The fourth-order valence-corrected chi connectivity index (χ4v) is 9.40. The minimum atomic E-state index is -0.679. The molecule has 3 N–H and O–H groups in total. The lowest BCUT2D eigenvalue weighted by molar-refractivity contribution is -0.143. The number of amides is 1. The van der Waals surface area contributed by atoms with Crippen LogP contribution in [0.3, 0.4) is 0 Å². The second-order valence-electron chi connectivity index (χ2n) is 20.7. The summed E-state index contributed by atoms with van der Waals surface area (Å²) in [6.07, 6.45) is 69.0. The summed E-state index contributed by atoms with van der Waals surface area (Å²) in [4.78, 5) is 24.5. The summed E-state index contributed by atoms with van der Waals surface area (Å²) in [7, 11) is 0. The van der Waals surface area contributed by atoms with E-state index in [0.29, 0.717) is 25.9 Å². The van der Waals surface area contributed by atoms with Crippen LogP contribution in [0.4, 0.5) is 0 Å². The first-order valence-corrected chi connectivity index (χ1v) is 30.1. The van der Waals surface area contributed by atoms with Gasteiger partial charge in [0, 0.05) is 12.8 Å². The van der Waals surface area contributed by atoms with E-state index in [1.54, 1.807) is 0 Å². The summed E-state index contributed by atoms with van der Waals surface area (Å²) in [5, 5.41) is 23.4. The number of unbranched alkanes of at least 4 members (excludes halogenated alkanes) is 42. The van der Waals surface area contributed by atoms with E-state index in [1.165, 1.54) is 218 Å². The first-order valence-electron chi connectivity index (χ1n) is 30.1. The third kappa shape index (κ3) is 53.5. The highest BCUT2D eigenvalue weighted by atomic mass is 16.5. The number of rotatable bonds is 56. The van der Waals surface area contributed by atoms with Crippen LogP contribution in [0.2, 0.25) is 0 Å². The van der Waals surface area contributed by atoms with E-state index in [9.17, 15) is 19.8 Å². The number of aliphatic hydroxyl groups excluding tert-OH is 2. The highest BCUT2D eigenvalue weighted by Gasteiger charge is 2.20. The highest BCUT2D eigenvalue weighted by Crippen LogP contribution is 2.18. The molecule has 67 heavy (non-hydrogen) atoms. The summed E-state index contributed by atoms with van der Waals surface area (Å²) in [6.45, 7) is 4.91. The van der Waals surface area contributed by atoms with Gasteiger partial charge < -0.3 is 20.3 Å². The second-order valence-corrected chi connectivity index (χ2v) is 20.7. The van der Waals surface area contributed by atoms with Crippen molar-refractivity contribution in [1.82, 2.24) is 5.32 Å². The summed E-state index contributed by atoms with van der Waals surface area (Å²) in [6, 6.07) is -0.559. The Bertz CT molecular complexity index is 1040. The van der Waals surface area contributed by atoms with E-state index in [-0.39, 0.29) is 18.5 Å². The van der Waals surface area contributed by atoms with Gasteiger partial charge in [-0.15, -0.1) is 0 Å². The molecule has 0 aromatic rings. The maximum absolute atomic E-state index is 12.5. The van der Waals surface area contributed by atoms with Crippen LogP contribution in [0, 0.1) is 0 Å². The van der Waals surface area contributed by atoms with Crippen LogP contribution in [0.5, 0.6) is 0 Å². The third-order valence-corrected chi connectivity index (χ3v) is 14.0. The summed E-state index contributed by atoms with van der Waals surface area (Å²) >= 11 is 0. The zero-order chi connectivity index (χ0) is 48.6. The molecule has 6 heteroatoms. The molecule has 0 aromatic heterocycles. The van der Waals surface area contributed by atoms with Crippen LogP contribution in [0.1, 0.15) is 328 Å². The van der Waals surface area contributed by atoms with Crippen LogP contribution < -0.4 is 5.32 Å². The molecule has 1 amide bonds. The van der Waals surface area contributed by atoms with Gasteiger partial charge in [-0.05, 0) is 57.8 Å². The average molecular weight is 945 g/mol. The highest BCUT2D eigenvalue weighted by molar-refractivity contribution is 5.76. The third-order valence-electron chi connectivity index (χ3n) is 14.0. The molecule has 0 heterocycles. The van der Waals surface area contributed by atoms with Gasteiger partial charge in [0.25, 0.3) is 0 Å². The van der Waals surface area contributed by atoms with Crippen molar-refractivity contribution in [3.63, 3.8) is 0 Å². The van der Waals surface area contributed by atoms with Crippen molar-refractivity contribution in [2.24, 2.45) is 0 Å². The maximum Gasteiger partial charge on any atom is 0.305 e. The van der Waals surface area contributed by atoms with Crippen molar-refractivity contribution in [3.8, 4) is 0 Å². The predicted molar refractivity (Wildman–Crippen MR) is 292 cm³/mol. The molecular weight excluding hydrogens is 827 g/mol. The first kappa shape index (κ1) is 65.3. The van der Waals surface area contributed by atoms with Crippen molar-refractivity contribution < 1.29 is 24.5 Å². The van der Waals surface area contributed by atoms with Crippen molar-refractivity contribution in [2.45, 2.75) is 341 Å². The molecule has 0 spiro atoms. The predicted octanol–water partition coefficient (Wildman–Crippen LogP) is 18.6. The molecule has 0 saturated heterocycles. The van der Waals surface area contributed by atoms with Gasteiger partial charge >= 0.3 is 5.97 Å². The SMILES string of the molecule is CCCCCCCCCCCCCCCCCCCCCCCCCCC(O)C(CO)NC(=O)CCCCCCCC/C=C\C=C/CCCCCOC(=O)CCCCCCCCCCCCC. The Morgan fingerprint density at radius 3 is 1.10 bits per heavy atom. The summed E-state index contributed by atoms with van der Waals surface area (Å²) < 4.78 is 5.43. The molecule has 396 valence electrons. The molecule has 6 nitrogen and oxygen atoms in total. The Hall–Kier alpha value is -1.66. The van der Waals surface area contributed by atoms with Gasteiger partial charge in [0.2, 0.25) is 5.91 Å². The van der Waals surface area contributed by atoms with Gasteiger partial charge in [-0.1, -0.05) is 282 Å². The monoisotopic (exact) mass is 944 g/mol. The standard InChI is InChI=1S/C61H117NO5/c1-3-5-7-9-11-13-15-16-17-18-19-20-21-22-23-24-25-27-30-34-37-41-45-49-53-59(64)58(57-63)62-60(65)54-50-46-42-38-35-31-28-26-29-32-36-40-44-48-52-56-67-61(66)55-51-47-43-39-33-14-12-10-8-6-4-2/h26,29,32,36,58-59,63-64H,3-25,27-28,30-31,33-35,37-57H2,1-2H3,(H,62,65)/b29-26-,36-32-. The molecule has 0 rings (SSSR count). The molecule has 0 saturated carbocycles. The molecule has 0 bridgehead atoms. The van der Waals surface area contributed by atoms with Crippen LogP contribution >= 0.6 is 0 Å². The van der Waals surface area contributed by atoms with E-state index < -0.39 is 12.1 Å². The molecule has 0 aliphatic carbocycles. The molecule has 0 aliphatic rings. The van der Waals surface area contributed by atoms with Gasteiger partial charge in [-0.2, -0.15) is 0 Å². The Morgan fingerprint density at radius 2 is 0.731 bits per heavy atom. The number of hydrogen-bond donors (Lipinski definition) is 3. The van der Waals surface area contributed by atoms with E-state index in [1.807, 2.05) is 0 Å². The van der Waals surface area contributed by atoms with E-state index in [2.05, 4.69) is 43.5 Å². The van der Waals surface area contributed by atoms with Crippen molar-refractivity contribution >= 4 is 11.9 Å². The lowest BCUT2D eigenvalue weighted by Crippen LogP contribution is -2.45. The van der Waals surface area contributed by atoms with Gasteiger partial charge in [0.1, 0.15) is 0 Å². The quantitative estimate of drug-likeness (QED) is 0.0321. The Morgan fingerprint density at radius 1 is 0.418 bits per heavy atom. The van der Waals surface area contributed by atoms with Crippen molar-refractivity contribution in [2.75, 3.05) is 13.2 Å². The fraction of sp³-hybridized carbons (Fsp3) is 0.902. The van der Waals surface area contributed by atoms with E-state index >= 15 is 0 Å². The van der Waals surface area contributed by atoms with Gasteiger partial charge in [0.05, 0.1) is 25.4 Å². The molecular formula is C61H117NO5. The average Bonchev–Trinajstić information content (AvgIpc) is 3.33. The zero-order valence-corrected chi connectivity index (χ0v) is 45.1. The van der Waals surface area contributed by atoms with Crippen LogP contribution in [-0.2, 0) is 14.3 Å². The normalized spacial score (nSPS) is 12.7. The molecule has 0 radical (unpaired) electrons. The molecule has 2 unspecified atom stereocenters. The molecule has 0 aliphatic heterocycles. The largest absolute Gasteiger partial charge is 0.466 e. The number of esters is 1.